The van der Waals surface area contributed by atoms with Crippen LogP contribution in [0.4, 0.5) is 17.3 Å². The Morgan fingerprint density at radius 3 is 2.24 bits per heavy atom. The molecule has 1 amide bonds. The highest BCUT2D eigenvalue weighted by molar-refractivity contribution is 7.52. The standard InChI is InChI=1S/C24H38N7O5P.C7H14O2/c1-16(22(33)36-24(2,3)4)30-37(26)14-18-9-7-8-17(12-18)13-31(5)21-19(27-15-32)20(25)28-23(29-21)35-11-10-34-6;1-5-6(8)9-7(2,3)4/h7-9,12,15-16,30H,10-11,13-14,26H2,1-6H3,(H,27,32)(H2,25,28,29);5H2,1-4H3. The van der Waals surface area contributed by atoms with Crippen molar-refractivity contribution in [2.45, 2.75) is 91.8 Å². The number of nitrogens with zero attached hydrogens (tertiary/aromatic N) is 3. The fraction of sp³-hybridized carbons (Fsp3) is 0.581. The summed E-state index contributed by atoms with van der Waals surface area (Å²) >= 11 is 0. The molecule has 2 aromatic rings. The van der Waals surface area contributed by atoms with Crippen molar-refractivity contribution in [3.05, 3.63) is 35.4 Å². The summed E-state index contributed by atoms with van der Waals surface area (Å²) in [7, 11) is 2.24. The number of carbonyl (C=O) groups is 3. The predicted molar refractivity (Wildman–Crippen MR) is 181 cm³/mol. The summed E-state index contributed by atoms with van der Waals surface area (Å²) in [6.45, 7) is 15.7. The van der Waals surface area contributed by atoms with Crippen LogP contribution < -0.4 is 31.3 Å². The van der Waals surface area contributed by atoms with E-state index in [0.29, 0.717) is 43.6 Å². The van der Waals surface area contributed by atoms with E-state index in [9.17, 15) is 14.4 Å². The zero-order valence-electron chi connectivity index (χ0n) is 28.8. The molecule has 0 fully saturated rings. The van der Waals surface area contributed by atoms with Gasteiger partial charge in [-0.1, -0.05) is 31.2 Å². The molecule has 14 nitrogen and oxygen atoms in total. The van der Waals surface area contributed by atoms with Gasteiger partial charge in [0.25, 0.3) is 0 Å². The molecule has 0 aliphatic carbocycles. The zero-order chi connectivity index (χ0) is 35.1. The van der Waals surface area contributed by atoms with Crippen molar-refractivity contribution in [1.82, 2.24) is 15.1 Å². The number of methoxy groups -OCH3 is 1. The van der Waals surface area contributed by atoms with Crippen LogP contribution in [0, 0.1) is 0 Å². The molecular formula is C31H52N7O7P. The summed E-state index contributed by atoms with van der Waals surface area (Å²) in [5, 5.41) is 5.73. The molecule has 2 atom stereocenters. The lowest BCUT2D eigenvalue weighted by Crippen LogP contribution is -2.38. The Morgan fingerprint density at radius 2 is 1.70 bits per heavy atom. The second-order valence-corrected chi connectivity index (χ2v) is 13.8. The molecule has 2 unspecified atom stereocenters. The van der Waals surface area contributed by atoms with E-state index in [-0.39, 0.29) is 36.0 Å². The smallest absolute Gasteiger partial charge is 0.323 e. The summed E-state index contributed by atoms with van der Waals surface area (Å²) in [5.41, 5.74) is 13.8. The maximum atomic E-state index is 12.3. The fourth-order valence-corrected chi connectivity index (χ4v) is 5.01. The molecule has 2 rings (SSSR count). The van der Waals surface area contributed by atoms with Crippen LogP contribution >= 0.6 is 8.22 Å². The number of benzene rings is 1. The average Bonchev–Trinajstić information content (AvgIpc) is 2.93. The van der Waals surface area contributed by atoms with E-state index in [1.54, 1.807) is 21.0 Å². The number of rotatable bonds is 15. The van der Waals surface area contributed by atoms with Crippen LogP contribution in [0.2, 0.25) is 0 Å². The first-order chi connectivity index (χ1) is 21.4. The number of anilines is 3. The molecule has 1 heterocycles. The van der Waals surface area contributed by atoms with Gasteiger partial charge in [-0.2, -0.15) is 9.97 Å². The van der Waals surface area contributed by atoms with Gasteiger partial charge in [-0.3, -0.25) is 25.0 Å². The summed E-state index contributed by atoms with van der Waals surface area (Å²) < 4.78 is 20.9. The average molecular weight is 666 g/mol. The number of esters is 2. The van der Waals surface area contributed by atoms with Gasteiger partial charge in [0.05, 0.1) is 6.61 Å². The van der Waals surface area contributed by atoms with Gasteiger partial charge in [0.15, 0.2) is 11.6 Å². The Hall–Kier alpha value is -3.58. The van der Waals surface area contributed by atoms with Crippen LogP contribution in [0.3, 0.4) is 0 Å². The van der Waals surface area contributed by atoms with Crippen molar-refractivity contribution in [3.8, 4) is 6.01 Å². The van der Waals surface area contributed by atoms with Crippen molar-refractivity contribution < 1.29 is 33.3 Å². The lowest BCUT2D eigenvalue weighted by atomic mass is 10.1. The van der Waals surface area contributed by atoms with Gasteiger partial charge in [-0.15, -0.1) is 0 Å². The molecule has 0 bridgehead atoms. The SMILES string of the molecule is CCC(=O)OC(C)(C)C.COCCOc1nc(N)c(NC=O)c(N(C)Cc2cccc(CP(N)NC(C)C(=O)OC(C)(C)C)c2)n1. The van der Waals surface area contributed by atoms with Gasteiger partial charge in [0.1, 0.15) is 29.5 Å². The molecule has 0 saturated heterocycles. The highest BCUT2D eigenvalue weighted by Crippen LogP contribution is 2.32. The van der Waals surface area contributed by atoms with E-state index in [0.717, 1.165) is 11.1 Å². The van der Waals surface area contributed by atoms with Gasteiger partial charge in [0, 0.05) is 41.5 Å². The first kappa shape index (κ1) is 40.4. The van der Waals surface area contributed by atoms with Crippen LogP contribution in [0.25, 0.3) is 0 Å². The molecular weight excluding hydrogens is 613 g/mol. The molecule has 0 saturated carbocycles. The van der Waals surface area contributed by atoms with Crippen LogP contribution in [-0.2, 0) is 41.3 Å². The van der Waals surface area contributed by atoms with Gasteiger partial charge in [-0.05, 0) is 59.6 Å². The van der Waals surface area contributed by atoms with Crippen molar-refractivity contribution in [1.29, 1.82) is 0 Å². The molecule has 1 aromatic carbocycles. The fourth-order valence-electron chi connectivity index (χ4n) is 3.72. The van der Waals surface area contributed by atoms with E-state index < -0.39 is 19.9 Å². The first-order valence-corrected chi connectivity index (χ1v) is 16.5. The van der Waals surface area contributed by atoms with Crippen LogP contribution in [-0.4, -0.2) is 72.9 Å². The molecule has 15 heteroatoms. The van der Waals surface area contributed by atoms with Crippen LogP contribution in [0.15, 0.2) is 24.3 Å². The van der Waals surface area contributed by atoms with Crippen molar-refractivity contribution in [3.63, 3.8) is 0 Å². The number of hydrogen-bond donors (Lipinski definition) is 4. The highest BCUT2D eigenvalue weighted by atomic mass is 31.1. The second-order valence-electron chi connectivity index (χ2n) is 12.3. The van der Waals surface area contributed by atoms with Crippen molar-refractivity contribution in [2.24, 2.45) is 5.50 Å². The number of nitrogens with one attached hydrogen (secondary N) is 2. The van der Waals surface area contributed by atoms with Gasteiger partial charge in [0.2, 0.25) is 6.41 Å². The molecule has 258 valence electrons. The third-order valence-corrected chi connectivity index (χ3v) is 7.00. The Labute approximate surface area is 274 Å². The van der Waals surface area contributed by atoms with E-state index in [4.69, 9.17) is 30.2 Å². The Bertz CT molecular complexity index is 1270. The molecule has 46 heavy (non-hydrogen) atoms. The number of aromatic nitrogens is 2. The minimum atomic E-state index is -1.15. The molecule has 0 spiro atoms. The summed E-state index contributed by atoms with van der Waals surface area (Å²) in [6, 6.07) is 7.50. The highest BCUT2D eigenvalue weighted by Gasteiger charge is 2.23. The molecule has 0 aliphatic rings. The molecule has 0 radical (unpaired) electrons. The Kier molecular flexibility index (Phi) is 16.9. The quantitative estimate of drug-likeness (QED) is 0.0920. The largest absolute Gasteiger partial charge is 0.461 e. The van der Waals surface area contributed by atoms with Crippen LogP contribution in [0.1, 0.15) is 72.9 Å². The van der Waals surface area contributed by atoms with Crippen molar-refractivity contribution in [2.75, 3.05) is 43.3 Å². The topological polar surface area (TPSA) is 193 Å². The third-order valence-electron chi connectivity index (χ3n) is 5.57. The number of ether oxygens (including phenoxy) is 4. The monoisotopic (exact) mass is 665 g/mol. The van der Waals surface area contributed by atoms with Gasteiger partial charge < -0.3 is 34.9 Å². The third kappa shape index (κ3) is 16.1. The number of nitrogen functional groups attached to an aromatic ring is 1. The Balaban J connectivity index is 0.00000102. The maximum Gasteiger partial charge on any atom is 0.323 e. The maximum absolute atomic E-state index is 12.3. The zero-order valence-corrected chi connectivity index (χ0v) is 29.7. The lowest BCUT2D eigenvalue weighted by molar-refractivity contribution is -0.156. The summed E-state index contributed by atoms with van der Waals surface area (Å²) in [5.74, 6) is 0.0215. The van der Waals surface area contributed by atoms with E-state index in [1.165, 1.54) is 0 Å². The van der Waals surface area contributed by atoms with Crippen LogP contribution in [0.5, 0.6) is 6.01 Å². The number of amides is 1. The predicted octanol–water partition coefficient (Wildman–Crippen LogP) is 4.12. The van der Waals surface area contributed by atoms with E-state index in [1.807, 2.05) is 77.8 Å². The molecule has 1 aromatic heterocycles. The normalized spacial score (nSPS) is 12.6. The number of carbonyl (C=O) groups excluding carboxylic acids is 3. The first-order valence-electron chi connectivity index (χ1n) is 14.9. The van der Waals surface area contributed by atoms with E-state index in [2.05, 4.69) is 20.4 Å². The van der Waals surface area contributed by atoms with Crippen molar-refractivity contribution >= 4 is 43.9 Å². The Morgan fingerprint density at radius 1 is 1.07 bits per heavy atom. The minimum Gasteiger partial charge on any atom is -0.461 e. The number of hydrogen-bond acceptors (Lipinski definition) is 13. The lowest BCUT2D eigenvalue weighted by Gasteiger charge is -2.25. The summed E-state index contributed by atoms with van der Waals surface area (Å²) in [4.78, 5) is 44.4. The number of nitrogens with two attached hydrogens (primary N) is 2. The molecule has 6 N–H and O–H groups in total. The van der Waals surface area contributed by atoms with E-state index >= 15 is 0 Å². The second kappa shape index (κ2) is 19.2. The summed E-state index contributed by atoms with van der Waals surface area (Å²) in [6.07, 6.45) is 1.54. The minimum absolute atomic E-state index is 0.0838. The van der Waals surface area contributed by atoms with Gasteiger partial charge in [-0.25, -0.2) is 0 Å². The van der Waals surface area contributed by atoms with Gasteiger partial charge >= 0.3 is 17.9 Å². The molecule has 0 aliphatic heterocycles.